The predicted molar refractivity (Wildman–Crippen MR) is 111 cm³/mol. The summed E-state index contributed by atoms with van der Waals surface area (Å²) in [5.74, 6) is 0.909. The smallest absolute Gasteiger partial charge is 0.135 e. The first-order valence-electron chi connectivity index (χ1n) is 10.3. The summed E-state index contributed by atoms with van der Waals surface area (Å²) in [5, 5.41) is 17.4. The second-order valence-electron chi connectivity index (χ2n) is 7.54. The number of nitrogens with zero attached hydrogens (tertiary/aromatic N) is 4. The molecule has 0 amide bonds. The number of hydrogen-bond acceptors (Lipinski definition) is 7. The van der Waals surface area contributed by atoms with Gasteiger partial charge in [-0.05, 0) is 59.1 Å². The summed E-state index contributed by atoms with van der Waals surface area (Å²) in [6, 6.07) is 14.7. The molecule has 1 fully saturated rings. The quantitative estimate of drug-likeness (QED) is 0.627. The Morgan fingerprint density at radius 3 is 2.62 bits per heavy atom. The van der Waals surface area contributed by atoms with Crippen LogP contribution in [0.4, 0.5) is 0 Å². The number of fused-ring (bicyclic) bond motifs is 1. The van der Waals surface area contributed by atoms with Gasteiger partial charge in [0.05, 0.1) is 6.61 Å². The second kappa shape index (κ2) is 9.35. The van der Waals surface area contributed by atoms with Crippen molar-refractivity contribution in [3.05, 3.63) is 53.6 Å². The maximum atomic E-state index is 9.58. The molecule has 2 heterocycles. The first-order chi connectivity index (χ1) is 14.2. The Labute approximate surface area is 170 Å². The zero-order valence-corrected chi connectivity index (χ0v) is 16.8. The molecule has 154 valence electrons. The SMILES string of the molecule is CCOc1ccc(CN2CCN(Cc3ccc4nonc4c3)CC2CCO)cc1. The van der Waals surface area contributed by atoms with Crippen LogP contribution < -0.4 is 4.74 Å². The van der Waals surface area contributed by atoms with E-state index in [0.29, 0.717) is 12.6 Å². The van der Waals surface area contributed by atoms with Gasteiger partial charge in [-0.25, -0.2) is 4.63 Å². The fourth-order valence-electron chi connectivity index (χ4n) is 4.01. The highest BCUT2D eigenvalue weighted by Gasteiger charge is 2.26. The molecule has 7 nitrogen and oxygen atoms in total. The lowest BCUT2D eigenvalue weighted by Crippen LogP contribution is -2.52. The van der Waals surface area contributed by atoms with E-state index in [9.17, 15) is 5.11 Å². The van der Waals surface area contributed by atoms with Crippen LogP contribution in [0.15, 0.2) is 47.1 Å². The molecule has 1 atom stereocenters. The molecule has 1 N–H and O–H groups in total. The number of ether oxygens (including phenoxy) is 1. The van der Waals surface area contributed by atoms with E-state index in [1.807, 2.05) is 31.2 Å². The van der Waals surface area contributed by atoms with E-state index in [1.54, 1.807) is 0 Å². The van der Waals surface area contributed by atoms with Crippen molar-refractivity contribution >= 4 is 11.0 Å². The number of rotatable bonds is 8. The van der Waals surface area contributed by atoms with Gasteiger partial charge in [-0.3, -0.25) is 9.80 Å². The Kier molecular flexibility index (Phi) is 6.39. The highest BCUT2D eigenvalue weighted by Crippen LogP contribution is 2.21. The lowest BCUT2D eigenvalue weighted by atomic mass is 10.1. The molecule has 0 radical (unpaired) electrons. The van der Waals surface area contributed by atoms with Crippen LogP contribution in [0.5, 0.6) is 5.75 Å². The van der Waals surface area contributed by atoms with Crippen molar-refractivity contribution in [3.8, 4) is 5.75 Å². The lowest BCUT2D eigenvalue weighted by Gasteiger charge is -2.41. The van der Waals surface area contributed by atoms with E-state index in [2.05, 4.69) is 38.3 Å². The Balaban J connectivity index is 1.38. The monoisotopic (exact) mass is 396 g/mol. The molecule has 7 heteroatoms. The van der Waals surface area contributed by atoms with E-state index in [4.69, 9.17) is 9.37 Å². The van der Waals surface area contributed by atoms with Crippen molar-refractivity contribution in [3.63, 3.8) is 0 Å². The minimum Gasteiger partial charge on any atom is -0.494 e. The van der Waals surface area contributed by atoms with E-state index in [0.717, 1.165) is 55.9 Å². The molecule has 1 unspecified atom stereocenters. The van der Waals surface area contributed by atoms with E-state index in [1.165, 1.54) is 11.1 Å². The number of hydrogen-bond donors (Lipinski definition) is 1. The summed E-state index contributed by atoms with van der Waals surface area (Å²) in [6.07, 6.45) is 0.778. The highest BCUT2D eigenvalue weighted by molar-refractivity contribution is 5.73. The summed E-state index contributed by atoms with van der Waals surface area (Å²) >= 11 is 0. The van der Waals surface area contributed by atoms with E-state index >= 15 is 0 Å². The molecule has 1 aliphatic rings. The molecule has 1 saturated heterocycles. The van der Waals surface area contributed by atoms with Gasteiger partial charge in [0, 0.05) is 45.4 Å². The third-order valence-electron chi connectivity index (χ3n) is 5.50. The number of aromatic nitrogens is 2. The lowest BCUT2D eigenvalue weighted by molar-refractivity contribution is 0.0500. The van der Waals surface area contributed by atoms with Gasteiger partial charge in [0.2, 0.25) is 0 Å². The summed E-state index contributed by atoms with van der Waals surface area (Å²) in [5.41, 5.74) is 4.06. The highest BCUT2D eigenvalue weighted by atomic mass is 16.6. The van der Waals surface area contributed by atoms with Crippen LogP contribution in [0.1, 0.15) is 24.5 Å². The van der Waals surface area contributed by atoms with Crippen LogP contribution in [0.25, 0.3) is 11.0 Å². The topological polar surface area (TPSA) is 74.9 Å². The summed E-state index contributed by atoms with van der Waals surface area (Å²) in [6.45, 7) is 7.54. The first kappa shape index (κ1) is 19.8. The zero-order chi connectivity index (χ0) is 20.1. The number of aliphatic hydroxyl groups excluding tert-OH is 1. The minimum atomic E-state index is 0.203. The molecule has 3 aromatic rings. The molecular formula is C22H28N4O3. The van der Waals surface area contributed by atoms with Gasteiger partial charge >= 0.3 is 0 Å². The van der Waals surface area contributed by atoms with Gasteiger partial charge < -0.3 is 9.84 Å². The van der Waals surface area contributed by atoms with Gasteiger partial charge in [-0.1, -0.05) is 18.2 Å². The zero-order valence-electron chi connectivity index (χ0n) is 16.8. The Morgan fingerprint density at radius 1 is 1.03 bits per heavy atom. The van der Waals surface area contributed by atoms with Crippen LogP contribution >= 0.6 is 0 Å². The predicted octanol–water partition coefficient (Wildman–Crippen LogP) is 2.69. The Hall–Kier alpha value is -2.48. The third kappa shape index (κ3) is 4.93. The van der Waals surface area contributed by atoms with E-state index < -0.39 is 0 Å². The summed E-state index contributed by atoms with van der Waals surface area (Å²) in [7, 11) is 0. The second-order valence-corrected chi connectivity index (χ2v) is 7.54. The van der Waals surface area contributed by atoms with Crippen LogP contribution in [0.3, 0.4) is 0 Å². The van der Waals surface area contributed by atoms with Crippen molar-refractivity contribution in [2.75, 3.05) is 32.8 Å². The average molecular weight is 396 g/mol. The normalized spacial score (nSPS) is 18.3. The average Bonchev–Trinajstić information content (AvgIpc) is 3.20. The maximum Gasteiger partial charge on any atom is 0.135 e. The van der Waals surface area contributed by atoms with E-state index in [-0.39, 0.29) is 6.61 Å². The molecule has 29 heavy (non-hydrogen) atoms. The Morgan fingerprint density at radius 2 is 1.83 bits per heavy atom. The molecule has 1 aliphatic heterocycles. The number of aliphatic hydroxyl groups is 1. The fraction of sp³-hybridized carbons (Fsp3) is 0.455. The largest absolute Gasteiger partial charge is 0.494 e. The molecule has 2 aromatic carbocycles. The summed E-state index contributed by atoms with van der Waals surface area (Å²) < 4.78 is 10.3. The minimum absolute atomic E-state index is 0.203. The Bertz CT molecular complexity index is 912. The molecule has 0 spiro atoms. The van der Waals surface area contributed by atoms with Crippen molar-refractivity contribution in [2.24, 2.45) is 0 Å². The molecule has 4 rings (SSSR count). The number of piperazine rings is 1. The number of benzene rings is 2. The molecular weight excluding hydrogens is 368 g/mol. The maximum absolute atomic E-state index is 9.58. The molecule has 0 saturated carbocycles. The van der Waals surface area contributed by atoms with Crippen molar-refractivity contribution in [2.45, 2.75) is 32.5 Å². The molecule has 0 bridgehead atoms. The van der Waals surface area contributed by atoms with Crippen LogP contribution in [0, 0.1) is 0 Å². The van der Waals surface area contributed by atoms with Crippen LogP contribution in [-0.4, -0.2) is 64.1 Å². The summed E-state index contributed by atoms with van der Waals surface area (Å²) in [4.78, 5) is 4.93. The standard InChI is InChI=1S/C22H28N4O3/c1-2-28-20-6-3-17(4-7-20)15-26-11-10-25(16-19(26)9-12-27)14-18-5-8-21-22(13-18)24-29-23-21/h3-8,13,19,27H,2,9-12,14-16H2,1H3. The van der Waals surface area contributed by atoms with Crippen molar-refractivity contribution < 1.29 is 14.5 Å². The van der Waals surface area contributed by atoms with Gasteiger partial charge in [-0.2, -0.15) is 0 Å². The third-order valence-corrected chi connectivity index (χ3v) is 5.50. The van der Waals surface area contributed by atoms with Crippen molar-refractivity contribution in [1.29, 1.82) is 0 Å². The molecule has 0 aliphatic carbocycles. The van der Waals surface area contributed by atoms with Crippen LogP contribution in [-0.2, 0) is 13.1 Å². The van der Waals surface area contributed by atoms with Gasteiger partial charge in [0.15, 0.2) is 0 Å². The van der Waals surface area contributed by atoms with Gasteiger partial charge in [0.25, 0.3) is 0 Å². The van der Waals surface area contributed by atoms with Crippen LogP contribution in [0.2, 0.25) is 0 Å². The fourth-order valence-corrected chi connectivity index (χ4v) is 4.01. The molecule has 1 aromatic heterocycles. The van der Waals surface area contributed by atoms with Gasteiger partial charge in [-0.15, -0.1) is 0 Å². The van der Waals surface area contributed by atoms with Crippen molar-refractivity contribution in [1.82, 2.24) is 20.1 Å². The van der Waals surface area contributed by atoms with Gasteiger partial charge in [0.1, 0.15) is 16.8 Å². The first-order valence-corrected chi connectivity index (χ1v) is 10.3.